The van der Waals surface area contributed by atoms with E-state index in [0.717, 1.165) is 24.0 Å². The van der Waals surface area contributed by atoms with Crippen LogP contribution in [0.5, 0.6) is 0 Å². The minimum absolute atomic E-state index is 0. The minimum Gasteiger partial charge on any atom is -0.348 e. The number of carbonyl (C=O) groups excluding carboxylic acids is 1. The second-order valence-electron chi connectivity index (χ2n) is 7.23. The van der Waals surface area contributed by atoms with Gasteiger partial charge in [-0.15, -0.1) is 12.4 Å². The number of carbonyl (C=O) groups is 1. The van der Waals surface area contributed by atoms with Crippen molar-refractivity contribution in [2.24, 2.45) is 11.7 Å². The molecule has 1 saturated carbocycles. The Hall–Kier alpha value is -2.34. The van der Waals surface area contributed by atoms with Crippen molar-refractivity contribution in [3.05, 3.63) is 76.9 Å². The first kappa shape index (κ1) is 21.4. The van der Waals surface area contributed by atoms with Crippen molar-refractivity contribution in [1.29, 1.82) is 0 Å². The molecule has 1 heterocycles. The van der Waals surface area contributed by atoms with Crippen LogP contribution in [0.1, 0.15) is 28.8 Å². The molecule has 0 aliphatic heterocycles. The Morgan fingerprint density at radius 2 is 1.86 bits per heavy atom. The molecular formula is C22H24Cl2N4O. The molecule has 1 unspecified atom stereocenters. The van der Waals surface area contributed by atoms with E-state index in [4.69, 9.17) is 22.4 Å². The van der Waals surface area contributed by atoms with Gasteiger partial charge in [-0.2, -0.15) is 5.10 Å². The number of benzene rings is 2. The lowest BCUT2D eigenvalue weighted by Gasteiger charge is -2.15. The summed E-state index contributed by atoms with van der Waals surface area (Å²) in [6.07, 6.45) is 4.06. The van der Waals surface area contributed by atoms with E-state index in [-0.39, 0.29) is 24.4 Å². The zero-order valence-corrected chi connectivity index (χ0v) is 17.5. The quantitative estimate of drug-likeness (QED) is 0.591. The van der Waals surface area contributed by atoms with Crippen molar-refractivity contribution in [2.75, 3.05) is 6.54 Å². The molecule has 1 amide bonds. The van der Waals surface area contributed by atoms with Gasteiger partial charge < -0.3 is 11.1 Å². The van der Waals surface area contributed by atoms with Gasteiger partial charge in [0.2, 0.25) is 0 Å². The summed E-state index contributed by atoms with van der Waals surface area (Å²) in [7, 11) is 0. The SMILES string of the molecule is Cl.NCC(NC(=O)c1cn(Cc2ccccc2)nc1-c1ccc(Cl)cc1)C1CC1. The fraction of sp³-hybridized carbons (Fsp3) is 0.273. The van der Waals surface area contributed by atoms with Crippen LogP contribution in [0, 0.1) is 5.92 Å². The summed E-state index contributed by atoms with van der Waals surface area (Å²) >= 11 is 6.02. The van der Waals surface area contributed by atoms with E-state index in [0.29, 0.717) is 35.3 Å². The van der Waals surface area contributed by atoms with Gasteiger partial charge in [0, 0.05) is 29.4 Å². The van der Waals surface area contributed by atoms with Crippen molar-refractivity contribution < 1.29 is 4.79 Å². The first-order chi connectivity index (χ1) is 13.6. The van der Waals surface area contributed by atoms with Gasteiger partial charge in [-0.1, -0.05) is 54.1 Å². The van der Waals surface area contributed by atoms with Crippen LogP contribution >= 0.6 is 24.0 Å². The van der Waals surface area contributed by atoms with E-state index >= 15 is 0 Å². The summed E-state index contributed by atoms with van der Waals surface area (Å²) in [5, 5.41) is 8.45. The number of rotatable bonds is 7. The monoisotopic (exact) mass is 430 g/mol. The zero-order chi connectivity index (χ0) is 19.5. The summed E-state index contributed by atoms with van der Waals surface area (Å²) in [5.41, 5.74) is 9.05. The zero-order valence-electron chi connectivity index (χ0n) is 15.9. The summed E-state index contributed by atoms with van der Waals surface area (Å²) < 4.78 is 1.81. The Labute approximate surface area is 181 Å². The van der Waals surface area contributed by atoms with E-state index in [1.165, 1.54) is 0 Å². The maximum Gasteiger partial charge on any atom is 0.255 e. The summed E-state index contributed by atoms with van der Waals surface area (Å²) in [6, 6.07) is 17.5. The molecule has 1 aliphatic carbocycles. The molecule has 0 saturated heterocycles. The Morgan fingerprint density at radius 3 is 2.48 bits per heavy atom. The highest BCUT2D eigenvalue weighted by Crippen LogP contribution is 2.32. The predicted octanol–water partition coefficient (Wildman–Crippen LogP) is 4.14. The van der Waals surface area contributed by atoms with E-state index in [9.17, 15) is 4.79 Å². The molecule has 1 aliphatic rings. The van der Waals surface area contributed by atoms with E-state index in [1.54, 1.807) is 0 Å². The second-order valence-corrected chi connectivity index (χ2v) is 7.67. The lowest BCUT2D eigenvalue weighted by atomic mass is 10.1. The van der Waals surface area contributed by atoms with Gasteiger partial charge in [0.25, 0.3) is 5.91 Å². The van der Waals surface area contributed by atoms with Crippen LogP contribution in [0.4, 0.5) is 0 Å². The van der Waals surface area contributed by atoms with Crippen LogP contribution in [0.2, 0.25) is 5.02 Å². The molecule has 152 valence electrons. The standard InChI is InChI=1S/C22H23ClN4O.ClH/c23-18-10-8-17(9-11-18)21-19(22(28)25-20(12-24)16-6-7-16)14-27(26-21)13-15-4-2-1-3-5-15;/h1-5,8-11,14,16,20H,6-7,12-13,24H2,(H,25,28);1H. The van der Waals surface area contributed by atoms with Crippen LogP contribution in [-0.2, 0) is 6.54 Å². The fourth-order valence-corrected chi connectivity index (χ4v) is 3.50. The molecule has 7 heteroatoms. The number of nitrogens with one attached hydrogen (secondary N) is 1. The largest absolute Gasteiger partial charge is 0.348 e. The Bertz CT molecular complexity index is 953. The molecular weight excluding hydrogens is 407 g/mol. The van der Waals surface area contributed by atoms with Gasteiger partial charge in [0.1, 0.15) is 5.69 Å². The summed E-state index contributed by atoms with van der Waals surface area (Å²) in [4.78, 5) is 13.0. The van der Waals surface area contributed by atoms with E-state index < -0.39 is 0 Å². The molecule has 1 atom stereocenters. The highest BCUT2D eigenvalue weighted by atomic mass is 35.5. The number of nitrogens with zero attached hydrogens (tertiary/aromatic N) is 2. The van der Waals surface area contributed by atoms with Crippen LogP contribution in [0.25, 0.3) is 11.3 Å². The van der Waals surface area contributed by atoms with Gasteiger partial charge in [0.05, 0.1) is 12.1 Å². The third-order valence-corrected chi connectivity index (χ3v) is 5.32. The average molecular weight is 431 g/mol. The van der Waals surface area contributed by atoms with Crippen molar-refractivity contribution in [1.82, 2.24) is 15.1 Å². The molecule has 3 aromatic rings. The van der Waals surface area contributed by atoms with Crippen molar-refractivity contribution in [2.45, 2.75) is 25.4 Å². The number of hydrogen-bond donors (Lipinski definition) is 2. The molecule has 3 N–H and O–H groups in total. The van der Waals surface area contributed by atoms with Gasteiger partial charge in [-0.3, -0.25) is 9.48 Å². The smallest absolute Gasteiger partial charge is 0.255 e. The second kappa shape index (κ2) is 9.44. The average Bonchev–Trinajstić information content (AvgIpc) is 3.47. The van der Waals surface area contributed by atoms with Crippen molar-refractivity contribution in [3.63, 3.8) is 0 Å². The molecule has 2 aromatic carbocycles. The number of nitrogens with two attached hydrogens (primary N) is 1. The molecule has 0 radical (unpaired) electrons. The number of halogens is 2. The highest BCUT2D eigenvalue weighted by molar-refractivity contribution is 6.30. The molecule has 1 fully saturated rings. The fourth-order valence-electron chi connectivity index (χ4n) is 3.37. The van der Waals surface area contributed by atoms with Gasteiger partial charge >= 0.3 is 0 Å². The normalized spacial score (nSPS) is 14.1. The number of amides is 1. The third-order valence-electron chi connectivity index (χ3n) is 5.07. The molecule has 0 spiro atoms. The third kappa shape index (κ3) is 5.18. The molecule has 0 bridgehead atoms. The van der Waals surface area contributed by atoms with Crippen LogP contribution in [0.15, 0.2) is 60.8 Å². The van der Waals surface area contributed by atoms with Gasteiger partial charge in [-0.25, -0.2) is 0 Å². The lowest BCUT2D eigenvalue weighted by molar-refractivity contribution is 0.0934. The maximum atomic E-state index is 13.0. The first-order valence-electron chi connectivity index (χ1n) is 9.52. The maximum absolute atomic E-state index is 13.0. The Kier molecular flexibility index (Phi) is 6.96. The Morgan fingerprint density at radius 1 is 1.17 bits per heavy atom. The van der Waals surface area contributed by atoms with Gasteiger partial charge in [-0.05, 0) is 36.5 Å². The van der Waals surface area contributed by atoms with Crippen molar-refractivity contribution >= 4 is 29.9 Å². The first-order valence-corrected chi connectivity index (χ1v) is 9.90. The Balaban J connectivity index is 0.00000240. The predicted molar refractivity (Wildman–Crippen MR) is 118 cm³/mol. The lowest BCUT2D eigenvalue weighted by Crippen LogP contribution is -2.41. The molecule has 1 aromatic heterocycles. The summed E-state index contributed by atoms with van der Waals surface area (Å²) in [6.45, 7) is 1.04. The topological polar surface area (TPSA) is 72.9 Å². The number of hydrogen-bond acceptors (Lipinski definition) is 3. The highest BCUT2D eigenvalue weighted by Gasteiger charge is 2.32. The van der Waals surface area contributed by atoms with Crippen LogP contribution in [0.3, 0.4) is 0 Å². The van der Waals surface area contributed by atoms with E-state index in [1.807, 2.05) is 65.5 Å². The summed E-state index contributed by atoms with van der Waals surface area (Å²) in [5.74, 6) is 0.360. The molecule has 29 heavy (non-hydrogen) atoms. The number of aromatic nitrogens is 2. The molecule has 4 rings (SSSR count). The van der Waals surface area contributed by atoms with Crippen molar-refractivity contribution in [3.8, 4) is 11.3 Å². The van der Waals surface area contributed by atoms with E-state index in [2.05, 4.69) is 5.32 Å². The van der Waals surface area contributed by atoms with Crippen LogP contribution < -0.4 is 11.1 Å². The minimum atomic E-state index is -0.133. The molecule has 5 nitrogen and oxygen atoms in total. The van der Waals surface area contributed by atoms with Crippen LogP contribution in [-0.4, -0.2) is 28.3 Å². The van der Waals surface area contributed by atoms with Gasteiger partial charge in [0.15, 0.2) is 0 Å².